The zero-order valence-electron chi connectivity index (χ0n) is 12.0. The molecule has 0 aliphatic carbocycles. The summed E-state index contributed by atoms with van der Waals surface area (Å²) < 4.78 is 11.0. The van der Waals surface area contributed by atoms with Gasteiger partial charge in [-0.05, 0) is 40.5 Å². The summed E-state index contributed by atoms with van der Waals surface area (Å²) in [7, 11) is 0. The topological polar surface area (TPSA) is 58.9 Å². The Labute approximate surface area is 111 Å². The van der Waals surface area contributed by atoms with Crippen LogP contribution in [-0.2, 0) is 9.47 Å². The lowest BCUT2D eigenvalue weighted by Gasteiger charge is -2.14. The molecule has 4 heteroatoms. The highest BCUT2D eigenvalue weighted by Gasteiger charge is 2.05. The summed E-state index contributed by atoms with van der Waals surface area (Å²) in [6.45, 7) is 8.47. The van der Waals surface area contributed by atoms with Gasteiger partial charge in [0.25, 0.3) is 0 Å². The van der Waals surface area contributed by atoms with Gasteiger partial charge in [0.15, 0.2) is 0 Å². The van der Waals surface area contributed by atoms with Gasteiger partial charge in [-0.1, -0.05) is 12.2 Å². The smallest absolute Gasteiger partial charge is 0.0651 e. The monoisotopic (exact) mass is 260 g/mol. The van der Waals surface area contributed by atoms with Crippen molar-refractivity contribution in [2.75, 3.05) is 13.2 Å². The van der Waals surface area contributed by atoms with Gasteiger partial charge < -0.3 is 19.7 Å². The third-order valence-electron chi connectivity index (χ3n) is 2.47. The highest BCUT2D eigenvalue weighted by atomic mass is 16.5. The molecule has 0 fully saturated rings. The van der Waals surface area contributed by atoms with E-state index in [2.05, 4.69) is 0 Å². The van der Waals surface area contributed by atoms with Crippen molar-refractivity contribution < 1.29 is 19.7 Å². The second-order valence-corrected chi connectivity index (χ2v) is 4.93. The average molecular weight is 260 g/mol. The zero-order valence-corrected chi connectivity index (χ0v) is 12.0. The minimum atomic E-state index is -0.325. The van der Waals surface area contributed by atoms with E-state index in [0.717, 1.165) is 0 Å². The zero-order chi connectivity index (χ0) is 14.0. The summed E-state index contributed by atoms with van der Waals surface area (Å²) in [5.74, 6) is 0. The van der Waals surface area contributed by atoms with Crippen LogP contribution in [0.4, 0.5) is 0 Å². The van der Waals surface area contributed by atoms with Crippen LogP contribution >= 0.6 is 0 Å². The molecule has 2 unspecified atom stereocenters. The third kappa shape index (κ3) is 12.0. The lowest BCUT2D eigenvalue weighted by atomic mass is 10.2. The number of hydrogen-bond donors (Lipinski definition) is 2. The molecule has 0 aromatic rings. The molecule has 0 bridgehead atoms. The van der Waals surface area contributed by atoms with Gasteiger partial charge in [0.1, 0.15) is 0 Å². The number of ether oxygens (including phenoxy) is 2. The first kappa shape index (κ1) is 17.6. The summed E-state index contributed by atoms with van der Waals surface area (Å²) in [5.41, 5.74) is 0. The Hall–Kier alpha value is -0.420. The van der Waals surface area contributed by atoms with Crippen LogP contribution in [0.3, 0.4) is 0 Å². The van der Waals surface area contributed by atoms with Crippen LogP contribution in [0, 0.1) is 0 Å². The number of rotatable bonds is 10. The normalized spacial score (nSPS) is 18.8. The highest BCUT2D eigenvalue weighted by Crippen LogP contribution is 2.03. The third-order valence-corrected chi connectivity index (χ3v) is 2.47. The maximum absolute atomic E-state index is 9.16. The fourth-order valence-corrected chi connectivity index (χ4v) is 1.67. The van der Waals surface area contributed by atoms with E-state index in [1.54, 1.807) is 13.8 Å². The molecular weight excluding hydrogens is 232 g/mol. The van der Waals surface area contributed by atoms with Crippen molar-refractivity contribution >= 4 is 0 Å². The van der Waals surface area contributed by atoms with E-state index < -0.39 is 0 Å². The quantitative estimate of drug-likeness (QED) is 0.589. The molecule has 4 atom stereocenters. The number of aliphatic hydroxyl groups is 2. The lowest BCUT2D eigenvalue weighted by molar-refractivity contribution is 0.0394. The molecular formula is C14H28O4. The van der Waals surface area contributed by atoms with E-state index in [1.165, 1.54) is 0 Å². The highest BCUT2D eigenvalue weighted by molar-refractivity contribution is 4.82. The van der Waals surface area contributed by atoms with Gasteiger partial charge in [0.2, 0.25) is 0 Å². The maximum atomic E-state index is 9.16. The summed E-state index contributed by atoms with van der Waals surface area (Å²) in [5, 5.41) is 18.3. The van der Waals surface area contributed by atoms with Crippen molar-refractivity contribution in [3.05, 3.63) is 12.2 Å². The Morgan fingerprint density at radius 2 is 1.11 bits per heavy atom. The van der Waals surface area contributed by atoms with Crippen molar-refractivity contribution in [1.29, 1.82) is 0 Å². The molecule has 0 saturated heterocycles. The molecule has 0 heterocycles. The van der Waals surface area contributed by atoms with Gasteiger partial charge in [0.05, 0.1) is 37.6 Å². The molecule has 0 aromatic carbocycles. The molecule has 0 saturated carbocycles. The van der Waals surface area contributed by atoms with E-state index in [1.807, 2.05) is 26.0 Å². The minimum Gasteiger partial charge on any atom is -0.393 e. The lowest BCUT2D eigenvalue weighted by Crippen LogP contribution is -2.16. The summed E-state index contributed by atoms with van der Waals surface area (Å²) in [6.07, 6.45) is 4.59. The van der Waals surface area contributed by atoms with Crippen LogP contribution in [0.2, 0.25) is 0 Å². The molecule has 0 rings (SSSR count). The molecule has 18 heavy (non-hydrogen) atoms. The van der Waals surface area contributed by atoms with E-state index in [4.69, 9.17) is 19.7 Å². The first-order valence-corrected chi connectivity index (χ1v) is 6.66. The van der Waals surface area contributed by atoms with Gasteiger partial charge in [-0.3, -0.25) is 0 Å². The van der Waals surface area contributed by atoms with Crippen LogP contribution in [0.15, 0.2) is 12.2 Å². The Kier molecular flexibility index (Phi) is 10.3. The van der Waals surface area contributed by atoms with E-state index in [9.17, 15) is 0 Å². The molecule has 0 aromatic heterocycles. The fraction of sp³-hybridized carbons (Fsp3) is 0.857. The van der Waals surface area contributed by atoms with Crippen molar-refractivity contribution in [2.45, 2.75) is 65.0 Å². The van der Waals surface area contributed by atoms with Crippen LogP contribution in [0.5, 0.6) is 0 Å². The average Bonchev–Trinajstić information content (AvgIpc) is 2.20. The molecule has 0 amide bonds. The van der Waals surface area contributed by atoms with Crippen molar-refractivity contribution in [2.24, 2.45) is 0 Å². The first-order chi connectivity index (χ1) is 8.41. The fourth-order valence-electron chi connectivity index (χ4n) is 1.67. The van der Waals surface area contributed by atoms with E-state index in [0.29, 0.717) is 26.1 Å². The molecule has 108 valence electrons. The Morgan fingerprint density at radius 1 is 0.778 bits per heavy atom. The van der Waals surface area contributed by atoms with E-state index >= 15 is 0 Å². The Bertz CT molecular complexity index is 192. The number of hydrogen-bond acceptors (Lipinski definition) is 4. The van der Waals surface area contributed by atoms with Crippen LogP contribution in [0.1, 0.15) is 40.5 Å². The molecule has 0 radical (unpaired) electrons. The molecule has 2 N–H and O–H groups in total. The van der Waals surface area contributed by atoms with Gasteiger partial charge in [-0.2, -0.15) is 0 Å². The summed E-state index contributed by atoms with van der Waals surface area (Å²) in [6, 6.07) is 0. The minimum absolute atomic E-state index is 0.0599. The second kappa shape index (κ2) is 10.5. The van der Waals surface area contributed by atoms with Gasteiger partial charge in [0, 0.05) is 0 Å². The first-order valence-electron chi connectivity index (χ1n) is 6.66. The maximum Gasteiger partial charge on any atom is 0.0651 e. The molecule has 4 nitrogen and oxygen atoms in total. The van der Waals surface area contributed by atoms with Crippen LogP contribution in [0.25, 0.3) is 0 Å². The second-order valence-electron chi connectivity index (χ2n) is 4.93. The Morgan fingerprint density at radius 3 is 1.39 bits per heavy atom. The van der Waals surface area contributed by atoms with Gasteiger partial charge >= 0.3 is 0 Å². The molecule has 0 aliphatic heterocycles. The van der Waals surface area contributed by atoms with Crippen LogP contribution in [-0.4, -0.2) is 47.8 Å². The standard InChI is InChI=1S/C14H28O4/c1-11(15)9-13(3)17-7-5-6-8-18-14(4)10-12(2)16/h5-6,11-16H,7-10H2,1-4H3/b6-5+/t11-,12+,13?,14?. The Balaban J connectivity index is 3.48. The number of aliphatic hydroxyl groups excluding tert-OH is 2. The van der Waals surface area contributed by atoms with Crippen LogP contribution < -0.4 is 0 Å². The molecule has 0 aliphatic rings. The van der Waals surface area contributed by atoms with Gasteiger partial charge in [-0.15, -0.1) is 0 Å². The predicted molar refractivity (Wildman–Crippen MR) is 72.6 cm³/mol. The predicted octanol–water partition coefficient (Wildman–Crippen LogP) is 1.89. The summed E-state index contributed by atoms with van der Waals surface area (Å²) in [4.78, 5) is 0. The van der Waals surface area contributed by atoms with Crippen molar-refractivity contribution in [3.63, 3.8) is 0 Å². The summed E-state index contributed by atoms with van der Waals surface area (Å²) >= 11 is 0. The van der Waals surface area contributed by atoms with Crippen molar-refractivity contribution in [1.82, 2.24) is 0 Å². The van der Waals surface area contributed by atoms with Gasteiger partial charge in [-0.25, -0.2) is 0 Å². The van der Waals surface area contributed by atoms with Crippen molar-refractivity contribution in [3.8, 4) is 0 Å². The van der Waals surface area contributed by atoms with E-state index in [-0.39, 0.29) is 24.4 Å². The molecule has 0 spiro atoms. The SMILES string of the molecule is CC(C[C@H](C)O)OC/C=C/COC(C)C[C@@H](C)O. The largest absolute Gasteiger partial charge is 0.393 e.